The molecule has 0 aromatic rings. The first-order valence-corrected chi connectivity index (χ1v) is 8.09. The number of hydrogen-bond acceptors (Lipinski definition) is 3. The Morgan fingerprint density at radius 1 is 1.11 bits per heavy atom. The maximum absolute atomic E-state index is 10.7. The van der Waals surface area contributed by atoms with Gasteiger partial charge in [-0.1, -0.05) is 19.3 Å². The molecular formula is C16H28O3. The van der Waals surface area contributed by atoms with Crippen molar-refractivity contribution in [1.82, 2.24) is 0 Å². The maximum atomic E-state index is 10.7. The summed E-state index contributed by atoms with van der Waals surface area (Å²) in [5.74, 6) is 0.975. The van der Waals surface area contributed by atoms with Crippen LogP contribution < -0.4 is 0 Å². The molecule has 1 saturated heterocycles. The van der Waals surface area contributed by atoms with Crippen molar-refractivity contribution < 1.29 is 14.6 Å². The first-order chi connectivity index (χ1) is 9.24. The van der Waals surface area contributed by atoms with Gasteiger partial charge in [-0.05, 0) is 50.4 Å². The second kappa shape index (κ2) is 5.71. The van der Waals surface area contributed by atoms with Crippen LogP contribution in [-0.4, -0.2) is 36.6 Å². The SMILES string of the molecule is COC(C1CC1)C(O)C1CCOC2(CCCCC2)C1. The predicted octanol–water partition coefficient (Wildman–Crippen LogP) is 2.90. The van der Waals surface area contributed by atoms with E-state index in [-0.39, 0.29) is 17.8 Å². The van der Waals surface area contributed by atoms with Crippen LogP contribution in [0, 0.1) is 11.8 Å². The van der Waals surface area contributed by atoms with Gasteiger partial charge in [0.25, 0.3) is 0 Å². The normalized spacial score (nSPS) is 34.1. The molecule has 1 spiro atoms. The van der Waals surface area contributed by atoms with Gasteiger partial charge in [-0.15, -0.1) is 0 Å². The third kappa shape index (κ3) is 2.98. The molecule has 0 aromatic carbocycles. The molecule has 110 valence electrons. The summed E-state index contributed by atoms with van der Waals surface area (Å²) in [4.78, 5) is 0. The smallest absolute Gasteiger partial charge is 0.0860 e. The molecule has 1 heterocycles. The highest BCUT2D eigenvalue weighted by Crippen LogP contribution is 2.44. The van der Waals surface area contributed by atoms with Crippen LogP contribution in [0.4, 0.5) is 0 Å². The number of aliphatic hydroxyl groups excluding tert-OH is 1. The minimum Gasteiger partial charge on any atom is -0.390 e. The van der Waals surface area contributed by atoms with Gasteiger partial charge in [0.15, 0.2) is 0 Å². The van der Waals surface area contributed by atoms with Gasteiger partial charge >= 0.3 is 0 Å². The van der Waals surface area contributed by atoms with E-state index < -0.39 is 0 Å². The van der Waals surface area contributed by atoms with Gasteiger partial charge in [0.05, 0.1) is 17.8 Å². The van der Waals surface area contributed by atoms with Gasteiger partial charge in [-0.25, -0.2) is 0 Å². The Labute approximate surface area is 116 Å². The number of rotatable bonds is 4. The van der Waals surface area contributed by atoms with E-state index in [2.05, 4.69) is 0 Å². The largest absolute Gasteiger partial charge is 0.390 e. The molecule has 3 aliphatic rings. The quantitative estimate of drug-likeness (QED) is 0.852. The molecule has 0 aromatic heterocycles. The van der Waals surface area contributed by atoms with Crippen LogP contribution in [0.1, 0.15) is 57.8 Å². The van der Waals surface area contributed by atoms with Crippen molar-refractivity contribution in [2.45, 2.75) is 75.6 Å². The van der Waals surface area contributed by atoms with Crippen molar-refractivity contribution in [3.63, 3.8) is 0 Å². The lowest BCUT2D eigenvalue weighted by Crippen LogP contribution is -2.47. The molecule has 3 unspecified atom stereocenters. The van der Waals surface area contributed by atoms with Crippen molar-refractivity contribution in [2.24, 2.45) is 11.8 Å². The molecule has 3 nitrogen and oxygen atoms in total. The molecule has 0 amide bonds. The van der Waals surface area contributed by atoms with Gasteiger partial charge in [-0.3, -0.25) is 0 Å². The standard InChI is InChI=1S/C16H28O3/c1-18-15(12-5-6-12)14(17)13-7-10-19-16(11-13)8-3-2-4-9-16/h12-15,17H,2-11H2,1H3. The molecule has 3 heteroatoms. The Morgan fingerprint density at radius 2 is 1.84 bits per heavy atom. The van der Waals surface area contributed by atoms with Crippen LogP contribution in [0.2, 0.25) is 0 Å². The van der Waals surface area contributed by atoms with E-state index in [0.717, 1.165) is 19.4 Å². The minimum atomic E-state index is -0.291. The Hall–Kier alpha value is -0.120. The molecule has 19 heavy (non-hydrogen) atoms. The van der Waals surface area contributed by atoms with E-state index in [0.29, 0.717) is 11.8 Å². The monoisotopic (exact) mass is 268 g/mol. The third-order valence-corrected chi connectivity index (χ3v) is 5.47. The topological polar surface area (TPSA) is 38.7 Å². The number of ether oxygens (including phenoxy) is 2. The molecule has 3 atom stereocenters. The average Bonchev–Trinajstić information content (AvgIpc) is 3.25. The second-order valence-electron chi connectivity index (χ2n) is 6.87. The Bertz CT molecular complexity index is 289. The fraction of sp³-hybridized carbons (Fsp3) is 1.00. The highest BCUT2D eigenvalue weighted by molar-refractivity contribution is 4.96. The van der Waals surface area contributed by atoms with Crippen LogP contribution in [0.15, 0.2) is 0 Å². The minimum absolute atomic E-state index is 0.0590. The summed E-state index contributed by atoms with van der Waals surface area (Å²) in [6.45, 7) is 0.822. The van der Waals surface area contributed by atoms with Crippen LogP contribution in [0.25, 0.3) is 0 Å². The van der Waals surface area contributed by atoms with E-state index in [1.165, 1.54) is 44.9 Å². The lowest BCUT2D eigenvalue weighted by molar-refractivity contribution is -0.150. The van der Waals surface area contributed by atoms with Crippen LogP contribution in [0.3, 0.4) is 0 Å². The zero-order valence-corrected chi connectivity index (χ0v) is 12.1. The molecule has 0 bridgehead atoms. The maximum Gasteiger partial charge on any atom is 0.0860 e. The predicted molar refractivity (Wildman–Crippen MR) is 74.0 cm³/mol. The van der Waals surface area contributed by atoms with Gasteiger partial charge in [0.1, 0.15) is 0 Å². The molecule has 1 N–H and O–H groups in total. The molecule has 3 fully saturated rings. The zero-order valence-electron chi connectivity index (χ0n) is 12.1. The van der Waals surface area contributed by atoms with E-state index in [1.807, 2.05) is 0 Å². The number of hydrogen-bond donors (Lipinski definition) is 1. The van der Waals surface area contributed by atoms with Crippen LogP contribution in [-0.2, 0) is 9.47 Å². The number of methoxy groups -OCH3 is 1. The van der Waals surface area contributed by atoms with Crippen molar-refractivity contribution >= 4 is 0 Å². The lowest BCUT2D eigenvalue weighted by atomic mass is 9.73. The highest BCUT2D eigenvalue weighted by Gasteiger charge is 2.45. The van der Waals surface area contributed by atoms with Crippen molar-refractivity contribution in [2.75, 3.05) is 13.7 Å². The molecule has 2 saturated carbocycles. The van der Waals surface area contributed by atoms with Crippen molar-refractivity contribution in [1.29, 1.82) is 0 Å². The second-order valence-corrected chi connectivity index (χ2v) is 6.87. The average molecular weight is 268 g/mol. The first-order valence-electron chi connectivity index (χ1n) is 8.09. The molecular weight excluding hydrogens is 240 g/mol. The third-order valence-electron chi connectivity index (χ3n) is 5.47. The van der Waals surface area contributed by atoms with E-state index in [1.54, 1.807) is 7.11 Å². The molecule has 1 aliphatic heterocycles. The van der Waals surface area contributed by atoms with Crippen molar-refractivity contribution in [3.8, 4) is 0 Å². The Kier molecular flexibility index (Phi) is 4.16. The summed E-state index contributed by atoms with van der Waals surface area (Å²) in [5.41, 5.74) is 0.0873. The van der Waals surface area contributed by atoms with E-state index >= 15 is 0 Å². The van der Waals surface area contributed by atoms with Gasteiger partial charge in [-0.2, -0.15) is 0 Å². The number of aliphatic hydroxyl groups is 1. The van der Waals surface area contributed by atoms with Gasteiger partial charge in [0, 0.05) is 13.7 Å². The summed E-state index contributed by atoms with van der Waals surface area (Å²) in [6.07, 6.45) is 10.6. The molecule has 3 rings (SSSR count). The van der Waals surface area contributed by atoms with Crippen LogP contribution in [0.5, 0.6) is 0 Å². The summed E-state index contributed by atoms with van der Waals surface area (Å²) in [6, 6.07) is 0. The Balaban J connectivity index is 1.63. The fourth-order valence-corrected chi connectivity index (χ4v) is 4.21. The zero-order chi connectivity index (χ0) is 13.3. The summed E-state index contributed by atoms with van der Waals surface area (Å²) in [7, 11) is 1.75. The Morgan fingerprint density at radius 3 is 2.47 bits per heavy atom. The highest BCUT2D eigenvalue weighted by atomic mass is 16.5. The fourth-order valence-electron chi connectivity index (χ4n) is 4.21. The van der Waals surface area contributed by atoms with E-state index in [4.69, 9.17) is 9.47 Å². The molecule has 2 aliphatic carbocycles. The first kappa shape index (κ1) is 13.8. The summed E-state index contributed by atoms with van der Waals surface area (Å²) < 4.78 is 11.7. The van der Waals surface area contributed by atoms with Gasteiger partial charge < -0.3 is 14.6 Å². The summed E-state index contributed by atoms with van der Waals surface area (Å²) in [5, 5.41) is 10.7. The van der Waals surface area contributed by atoms with Crippen LogP contribution >= 0.6 is 0 Å². The molecule has 0 radical (unpaired) electrons. The van der Waals surface area contributed by atoms with E-state index in [9.17, 15) is 5.11 Å². The lowest BCUT2D eigenvalue weighted by Gasteiger charge is -2.45. The van der Waals surface area contributed by atoms with Gasteiger partial charge in [0.2, 0.25) is 0 Å². The van der Waals surface area contributed by atoms with Crippen molar-refractivity contribution in [3.05, 3.63) is 0 Å². The summed E-state index contributed by atoms with van der Waals surface area (Å²) >= 11 is 0.